The van der Waals surface area contributed by atoms with Crippen LogP contribution in [0.1, 0.15) is 13.3 Å². The summed E-state index contributed by atoms with van der Waals surface area (Å²) in [5, 5.41) is 0. The third-order valence-electron chi connectivity index (χ3n) is 2.58. The quantitative estimate of drug-likeness (QED) is 0.845. The first-order chi connectivity index (χ1) is 10.0. The van der Waals surface area contributed by atoms with Crippen LogP contribution in [0.4, 0.5) is 5.82 Å². The first-order valence-corrected chi connectivity index (χ1v) is 8.67. The van der Waals surface area contributed by atoms with E-state index in [0.29, 0.717) is 16.8 Å². The summed E-state index contributed by atoms with van der Waals surface area (Å²) in [7, 11) is -3.69. The molecular weight excluding hydrogens is 356 g/mol. The van der Waals surface area contributed by atoms with Gasteiger partial charge in [-0.1, -0.05) is 13.0 Å². The normalized spacial score (nSPS) is 11.1. The van der Waals surface area contributed by atoms with Crippen LogP contribution in [0.2, 0.25) is 0 Å². The predicted molar refractivity (Wildman–Crippen MR) is 85.0 cm³/mol. The Kier molecular flexibility index (Phi) is 5.19. The van der Waals surface area contributed by atoms with Crippen LogP contribution in [-0.2, 0) is 10.0 Å². The maximum absolute atomic E-state index is 12.3. The minimum Gasteiger partial charge on any atom is -0.492 e. The van der Waals surface area contributed by atoms with Crippen molar-refractivity contribution in [2.45, 2.75) is 18.2 Å². The Morgan fingerprint density at radius 1 is 1.29 bits per heavy atom. The first-order valence-electron chi connectivity index (χ1n) is 6.39. The summed E-state index contributed by atoms with van der Waals surface area (Å²) in [5.74, 6) is 0.775. The molecule has 0 bridgehead atoms. The van der Waals surface area contributed by atoms with Gasteiger partial charge in [0.25, 0.3) is 10.0 Å². The molecular formula is C14H15BrN2O3S. The van der Waals surface area contributed by atoms with E-state index in [1.165, 1.54) is 18.3 Å². The van der Waals surface area contributed by atoms with Gasteiger partial charge in [-0.15, -0.1) is 0 Å². The number of nitrogens with zero attached hydrogens (tertiary/aromatic N) is 1. The highest BCUT2D eigenvalue weighted by molar-refractivity contribution is 9.10. The monoisotopic (exact) mass is 370 g/mol. The summed E-state index contributed by atoms with van der Waals surface area (Å²) >= 11 is 3.34. The Morgan fingerprint density at radius 2 is 2.10 bits per heavy atom. The second-order valence-corrected chi connectivity index (χ2v) is 6.80. The first kappa shape index (κ1) is 15.8. The van der Waals surface area contributed by atoms with E-state index in [4.69, 9.17) is 4.74 Å². The van der Waals surface area contributed by atoms with Crippen LogP contribution in [0.25, 0.3) is 0 Å². The van der Waals surface area contributed by atoms with Crippen LogP contribution in [0.15, 0.2) is 52.0 Å². The molecule has 0 fully saturated rings. The van der Waals surface area contributed by atoms with Gasteiger partial charge in [0.2, 0.25) is 0 Å². The Bertz CT molecular complexity index is 705. The van der Waals surface area contributed by atoms with Crippen LogP contribution in [0.3, 0.4) is 0 Å². The lowest BCUT2D eigenvalue weighted by molar-refractivity contribution is 0.314. The van der Waals surface area contributed by atoms with Gasteiger partial charge in [-0.05, 0) is 46.6 Å². The van der Waals surface area contributed by atoms with E-state index in [2.05, 4.69) is 25.6 Å². The molecule has 0 atom stereocenters. The zero-order chi connectivity index (χ0) is 15.3. The second-order valence-electron chi connectivity index (χ2n) is 4.26. The van der Waals surface area contributed by atoms with Gasteiger partial charge < -0.3 is 4.74 Å². The fourth-order valence-electron chi connectivity index (χ4n) is 1.59. The van der Waals surface area contributed by atoms with Crippen molar-refractivity contribution in [3.63, 3.8) is 0 Å². The number of aromatic nitrogens is 1. The van der Waals surface area contributed by atoms with Gasteiger partial charge in [0.05, 0.1) is 16.0 Å². The summed E-state index contributed by atoms with van der Waals surface area (Å²) in [6.45, 7) is 2.51. The van der Waals surface area contributed by atoms with E-state index >= 15 is 0 Å². The lowest BCUT2D eigenvalue weighted by Crippen LogP contribution is -2.14. The Labute approximate surface area is 132 Å². The molecule has 7 heteroatoms. The smallest absolute Gasteiger partial charge is 0.263 e. The Morgan fingerprint density at radius 3 is 2.76 bits per heavy atom. The predicted octanol–water partition coefficient (Wildman–Crippen LogP) is 3.43. The SMILES string of the molecule is CCCOc1cc(S(=O)(=O)Nc2ccccn2)ccc1Br. The van der Waals surface area contributed by atoms with Crippen LogP contribution in [-0.4, -0.2) is 20.0 Å². The molecule has 1 heterocycles. The number of benzene rings is 1. The molecule has 0 spiro atoms. The van der Waals surface area contributed by atoms with Gasteiger partial charge in [0, 0.05) is 12.3 Å². The highest BCUT2D eigenvalue weighted by Gasteiger charge is 2.17. The number of rotatable bonds is 6. The van der Waals surface area contributed by atoms with Gasteiger partial charge in [0.15, 0.2) is 0 Å². The fourth-order valence-corrected chi connectivity index (χ4v) is 2.98. The molecule has 0 unspecified atom stereocenters. The van der Waals surface area contributed by atoms with Crippen molar-refractivity contribution >= 4 is 31.8 Å². The van der Waals surface area contributed by atoms with Gasteiger partial charge in [0.1, 0.15) is 11.6 Å². The molecule has 0 saturated heterocycles. The highest BCUT2D eigenvalue weighted by atomic mass is 79.9. The summed E-state index contributed by atoms with van der Waals surface area (Å²) in [4.78, 5) is 4.08. The Hall–Kier alpha value is -1.60. The van der Waals surface area contributed by atoms with Crippen LogP contribution in [0.5, 0.6) is 5.75 Å². The summed E-state index contributed by atoms with van der Waals surface area (Å²) in [5.41, 5.74) is 0. The number of pyridine rings is 1. The zero-order valence-electron chi connectivity index (χ0n) is 11.4. The van der Waals surface area contributed by atoms with Crippen LogP contribution < -0.4 is 9.46 Å². The molecule has 1 aromatic carbocycles. The van der Waals surface area contributed by atoms with Crippen molar-refractivity contribution < 1.29 is 13.2 Å². The maximum atomic E-state index is 12.3. The topological polar surface area (TPSA) is 68.3 Å². The maximum Gasteiger partial charge on any atom is 0.263 e. The number of sulfonamides is 1. The molecule has 1 N–H and O–H groups in total. The highest BCUT2D eigenvalue weighted by Crippen LogP contribution is 2.28. The van der Waals surface area contributed by atoms with E-state index in [0.717, 1.165) is 6.42 Å². The van der Waals surface area contributed by atoms with E-state index < -0.39 is 10.0 Å². The number of hydrogen-bond donors (Lipinski definition) is 1. The Balaban J connectivity index is 2.27. The van der Waals surface area contributed by atoms with Crippen molar-refractivity contribution in [2.24, 2.45) is 0 Å². The third kappa shape index (κ3) is 4.18. The van der Waals surface area contributed by atoms with Crippen molar-refractivity contribution in [3.05, 3.63) is 47.1 Å². The van der Waals surface area contributed by atoms with E-state index in [9.17, 15) is 8.42 Å². The molecule has 0 amide bonds. The van der Waals surface area contributed by atoms with Crippen molar-refractivity contribution in [1.82, 2.24) is 4.98 Å². The molecule has 112 valence electrons. The lowest BCUT2D eigenvalue weighted by atomic mass is 10.3. The number of halogens is 1. The number of ether oxygens (including phenoxy) is 1. The van der Waals surface area contributed by atoms with Gasteiger partial charge in [-0.3, -0.25) is 4.72 Å². The number of anilines is 1. The van der Waals surface area contributed by atoms with Crippen molar-refractivity contribution in [2.75, 3.05) is 11.3 Å². The average molecular weight is 371 g/mol. The molecule has 5 nitrogen and oxygen atoms in total. The molecule has 21 heavy (non-hydrogen) atoms. The lowest BCUT2D eigenvalue weighted by Gasteiger charge is -2.11. The van der Waals surface area contributed by atoms with E-state index in [1.807, 2.05) is 6.92 Å². The average Bonchev–Trinajstić information content (AvgIpc) is 2.47. The minimum absolute atomic E-state index is 0.127. The molecule has 0 aliphatic heterocycles. The van der Waals surface area contributed by atoms with Gasteiger partial charge in [-0.25, -0.2) is 13.4 Å². The van der Waals surface area contributed by atoms with Crippen molar-refractivity contribution in [1.29, 1.82) is 0 Å². The molecule has 0 aliphatic carbocycles. The largest absolute Gasteiger partial charge is 0.492 e. The molecule has 0 radical (unpaired) electrons. The fraction of sp³-hybridized carbons (Fsp3) is 0.214. The van der Waals surface area contributed by atoms with E-state index in [-0.39, 0.29) is 10.7 Å². The standard InChI is InChI=1S/C14H15BrN2O3S/c1-2-9-20-13-10-11(6-7-12(13)15)21(18,19)17-14-5-3-4-8-16-14/h3-8,10H,2,9H2,1H3,(H,16,17). The summed E-state index contributed by atoms with van der Waals surface area (Å²) < 4.78 is 33.3. The number of hydrogen-bond acceptors (Lipinski definition) is 4. The van der Waals surface area contributed by atoms with Crippen LogP contribution in [0, 0.1) is 0 Å². The van der Waals surface area contributed by atoms with Gasteiger partial charge >= 0.3 is 0 Å². The second kappa shape index (κ2) is 6.91. The minimum atomic E-state index is -3.69. The number of nitrogens with one attached hydrogen (secondary N) is 1. The summed E-state index contributed by atoms with van der Waals surface area (Å²) in [6.07, 6.45) is 2.37. The van der Waals surface area contributed by atoms with Crippen LogP contribution >= 0.6 is 15.9 Å². The molecule has 2 rings (SSSR count). The molecule has 2 aromatic rings. The van der Waals surface area contributed by atoms with Crippen molar-refractivity contribution in [3.8, 4) is 5.75 Å². The summed E-state index contributed by atoms with van der Waals surface area (Å²) in [6, 6.07) is 9.67. The third-order valence-corrected chi connectivity index (χ3v) is 4.59. The van der Waals surface area contributed by atoms with E-state index in [1.54, 1.807) is 24.3 Å². The molecule has 0 saturated carbocycles. The van der Waals surface area contributed by atoms with Gasteiger partial charge in [-0.2, -0.15) is 0 Å². The molecule has 1 aromatic heterocycles. The zero-order valence-corrected chi connectivity index (χ0v) is 13.8. The molecule has 0 aliphatic rings.